The Balaban J connectivity index is 2.20. The molecule has 0 aliphatic heterocycles. The summed E-state index contributed by atoms with van der Waals surface area (Å²) in [4.78, 5) is 13.4. The molecule has 18 heavy (non-hydrogen) atoms. The molecule has 1 amide bonds. The van der Waals surface area contributed by atoms with Crippen LogP contribution < -0.4 is 10.5 Å². The van der Waals surface area contributed by atoms with Gasteiger partial charge in [-0.1, -0.05) is 18.2 Å². The van der Waals surface area contributed by atoms with E-state index in [4.69, 9.17) is 10.5 Å². The lowest BCUT2D eigenvalue weighted by Gasteiger charge is -2.18. The second kappa shape index (κ2) is 7.71. The molecule has 1 atom stereocenters. The van der Waals surface area contributed by atoms with Gasteiger partial charge in [0.1, 0.15) is 12.4 Å². The zero-order chi connectivity index (χ0) is 13.4. The van der Waals surface area contributed by atoms with Crippen molar-refractivity contribution in [1.82, 2.24) is 4.90 Å². The van der Waals surface area contributed by atoms with Crippen molar-refractivity contribution in [2.24, 2.45) is 5.73 Å². The minimum Gasteiger partial charge on any atom is -0.492 e. The van der Waals surface area contributed by atoms with Crippen LogP contribution in [0.4, 0.5) is 0 Å². The summed E-state index contributed by atoms with van der Waals surface area (Å²) in [5, 5.41) is 0. The highest BCUT2D eigenvalue weighted by Gasteiger charge is 2.09. The van der Waals surface area contributed by atoms with E-state index in [1.807, 2.05) is 37.3 Å². The Bertz CT molecular complexity index is 352. The molecule has 0 bridgehead atoms. The van der Waals surface area contributed by atoms with E-state index < -0.39 is 0 Å². The van der Waals surface area contributed by atoms with Crippen molar-refractivity contribution in [3.8, 4) is 5.75 Å². The van der Waals surface area contributed by atoms with Gasteiger partial charge in [0.15, 0.2) is 0 Å². The predicted molar refractivity (Wildman–Crippen MR) is 72.5 cm³/mol. The van der Waals surface area contributed by atoms with Crippen LogP contribution in [0.2, 0.25) is 0 Å². The van der Waals surface area contributed by atoms with Crippen molar-refractivity contribution < 1.29 is 9.53 Å². The molecule has 1 aromatic carbocycles. The third-order valence-electron chi connectivity index (χ3n) is 2.68. The molecule has 0 heterocycles. The van der Waals surface area contributed by atoms with Gasteiger partial charge in [0.05, 0.1) is 6.54 Å². The van der Waals surface area contributed by atoms with Crippen LogP contribution in [0, 0.1) is 0 Å². The molecule has 2 N–H and O–H groups in total. The number of likely N-dealkylation sites (N-methyl/N-ethyl adjacent to an activating group) is 1. The molecule has 4 nitrogen and oxygen atoms in total. The molecule has 100 valence electrons. The van der Waals surface area contributed by atoms with Crippen molar-refractivity contribution >= 4 is 5.91 Å². The number of nitrogens with zero attached hydrogens (tertiary/aromatic N) is 1. The Labute approximate surface area is 109 Å². The molecule has 0 aromatic heterocycles. The largest absolute Gasteiger partial charge is 0.492 e. The summed E-state index contributed by atoms with van der Waals surface area (Å²) in [7, 11) is 1.79. The third kappa shape index (κ3) is 5.68. The Kier molecular flexibility index (Phi) is 6.22. The van der Waals surface area contributed by atoms with Gasteiger partial charge in [-0.05, 0) is 25.5 Å². The van der Waals surface area contributed by atoms with E-state index in [1.165, 1.54) is 0 Å². The quantitative estimate of drug-likeness (QED) is 0.800. The summed E-state index contributed by atoms with van der Waals surface area (Å²) in [6.07, 6.45) is 1.22. The van der Waals surface area contributed by atoms with Crippen molar-refractivity contribution in [2.45, 2.75) is 25.8 Å². The first-order valence-corrected chi connectivity index (χ1v) is 6.27. The predicted octanol–water partition coefficient (Wildman–Crippen LogP) is 1.65. The van der Waals surface area contributed by atoms with Crippen LogP contribution in [0.15, 0.2) is 30.3 Å². The van der Waals surface area contributed by atoms with Gasteiger partial charge in [-0.2, -0.15) is 0 Å². The minimum absolute atomic E-state index is 0.0721. The number of carbonyl (C=O) groups is 1. The van der Waals surface area contributed by atoms with Gasteiger partial charge >= 0.3 is 0 Å². The summed E-state index contributed by atoms with van der Waals surface area (Å²) in [6, 6.07) is 9.66. The second-order valence-corrected chi connectivity index (χ2v) is 4.49. The first-order chi connectivity index (χ1) is 8.59. The smallest absolute Gasteiger partial charge is 0.222 e. The van der Waals surface area contributed by atoms with Gasteiger partial charge in [0.2, 0.25) is 5.91 Å². The molecule has 0 spiro atoms. The van der Waals surface area contributed by atoms with Crippen molar-refractivity contribution in [1.29, 1.82) is 0 Å². The van der Waals surface area contributed by atoms with Gasteiger partial charge in [0, 0.05) is 19.5 Å². The third-order valence-corrected chi connectivity index (χ3v) is 2.68. The standard InChI is InChI=1S/C14H22N2O2/c1-12(15)8-9-14(17)16(2)10-11-18-13-6-4-3-5-7-13/h3-7,12H,8-11,15H2,1-2H3. The van der Waals surface area contributed by atoms with Crippen molar-refractivity contribution in [3.05, 3.63) is 30.3 Å². The number of para-hydroxylation sites is 1. The number of rotatable bonds is 7. The maximum absolute atomic E-state index is 11.7. The lowest BCUT2D eigenvalue weighted by atomic mass is 10.2. The van der Waals surface area contributed by atoms with Crippen LogP contribution in [0.3, 0.4) is 0 Å². The molecule has 0 fully saturated rings. The summed E-state index contributed by atoms with van der Waals surface area (Å²) in [6.45, 7) is 3.00. The zero-order valence-electron chi connectivity index (χ0n) is 11.1. The number of benzene rings is 1. The van der Waals surface area contributed by atoms with Gasteiger partial charge in [-0.25, -0.2) is 0 Å². The van der Waals surface area contributed by atoms with E-state index in [9.17, 15) is 4.79 Å². The molecular weight excluding hydrogens is 228 g/mol. The second-order valence-electron chi connectivity index (χ2n) is 4.49. The topological polar surface area (TPSA) is 55.6 Å². The van der Waals surface area contributed by atoms with E-state index in [0.29, 0.717) is 19.6 Å². The maximum atomic E-state index is 11.7. The van der Waals surface area contributed by atoms with E-state index in [2.05, 4.69) is 0 Å². The summed E-state index contributed by atoms with van der Waals surface area (Å²) < 4.78 is 5.53. The fourth-order valence-electron chi connectivity index (χ4n) is 1.48. The van der Waals surface area contributed by atoms with Crippen LogP contribution in [0.1, 0.15) is 19.8 Å². The molecule has 0 aliphatic carbocycles. The highest BCUT2D eigenvalue weighted by Crippen LogP contribution is 2.08. The summed E-state index contributed by atoms with van der Waals surface area (Å²) in [5.41, 5.74) is 5.62. The number of carbonyl (C=O) groups excluding carboxylic acids is 1. The number of hydrogen-bond donors (Lipinski definition) is 1. The Hall–Kier alpha value is -1.55. The average molecular weight is 250 g/mol. The molecule has 4 heteroatoms. The fraction of sp³-hybridized carbons (Fsp3) is 0.500. The van der Waals surface area contributed by atoms with E-state index in [1.54, 1.807) is 11.9 Å². The highest BCUT2D eigenvalue weighted by atomic mass is 16.5. The fourth-order valence-corrected chi connectivity index (χ4v) is 1.48. The van der Waals surface area contributed by atoms with Gasteiger partial charge in [0.25, 0.3) is 0 Å². The molecule has 0 saturated heterocycles. The molecule has 1 unspecified atom stereocenters. The van der Waals surface area contributed by atoms with Gasteiger partial charge in [-0.3, -0.25) is 4.79 Å². The van der Waals surface area contributed by atoms with Crippen LogP contribution >= 0.6 is 0 Å². The van der Waals surface area contributed by atoms with Crippen molar-refractivity contribution in [2.75, 3.05) is 20.2 Å². The summed E-state index contributed by atoms with van der Waals surface area (Å²) >= 11 is 0. The number of amides is 1. The lowest BCUT2D eigenvalue weighted by Crippen LogP contribution is -2.31. The van der Waals surface area contributed by atoms with E-state index in [-0.39, 0.29) is 11.9 Å². The number of nitrogens with two attached hydrogens (primary N) is 1. The van der Waals surface area contributed by atoms with Crippen LogP contribution in [0.5, 0.6) is 5.75 Å². The Morgan fingerprint density at radius 1 is 1.39 bits per heavy atom. The monoisotopic (exact) mass is 250 g/mol. The van der Waals surface area contributed by atoms with Gasteiger partial charge < -0.3 is 15.4 Å². The van der Waals surface area contributed by atoms with E-state index >= 15 is 0 Å². The first-order valence-electron chi connectivity index (χ1n) is 6.27. The van der Waals surface area contributed by atoms with E-state index in [0.717, 1.165) is 12.2 Å². The minimum atomic E-state index is 0.0721. The highest BCUT2D eigenvalue weighted by molar-refractivity contribution is 5.75. The molecule has 1 aromatic rings. The first kappa shape index (κ1) is 14.5. The van der Waals surface area contributed by atoms with Crippen LogP contribution in [-0.4, -0.2) is 37.0 Å². The SMILES string of the molecule is CC(N)CCC(=O)N(C)CCOc1ccccc1. The van der Waals surface area contributed by atoms with Crippen LogP contribution in [0.25, 0.3) is 0 Å². The molecule has 0 aliphatic rings. The Morgan fingerprint density at radius 2 is 2.06 bits per heavy atom. The number of ether oxygens (including phenoxy) is 1. The normalized spacial score (nSPS) is 11.9. The lowest BCUT2D eigenvalue weighted by molar-refractivity contribution is -0.130. The van der Waals surface area contributed by atoms with Crippen molar-refractivity contribution in [3.63, 3.8) is 0 Å². The summed E-state index contributed by atoms with van der Waals surface area (Å²) in [5.74, 6) is 0.942. The average Bonchev–Trinajstić information content (AvgIpc) is 2.37. The zero-order valence-corrected chi connectivity index (χ0v) is 11.1. The molecule has 0 saturated carbocycles. The molecule has 1 rings (SSSR count). The number of hydrogen-bond acceptors (Lipinski definition) is 3. The Morgan fingerprint density at radius 3 is 2.67 bits per heavy atom. The molecule has 0 radical (unpaired) electrons. The molecular formula is C14H22N2O2. The van der Waals surface area contributed by atoms with Crippen LogP contribution in [-0.2, 0) is 4.79 Å². The maximum Gasteiger partial charge on any atom is 0.222 e. The van der Waals surface area contributed by atoms with Gasteiger partial charge in [-0.15, -0.1) is 0 Å².